The first-order chi connectivity index (χ1) is 11.6. The molecule has 2 N–H and O–H groups in total. The number of carbonyl (C=O) groups excluding carboxylic acids is 1. The van der Waals surface area contributed by atoms with Crippen LogP contribution in [0.1, 0.15) is 52.0 Å². The first kappa shape index (κ1) is 19.2. The molecule has 5 nitrogen and oxygen atoms in total. The average Bonchev–Trinajstić information content (AvgIpc) is 2.94. The Kier molecular flexibility index (Phi) is 5.70. The first-order valence-corrected chi connectivity index (χ1v) is 8.58. The molecule has 1 atom stereocenters. The summed E-state index contributed by atoms with van der Waals surface area (Å²) >= 11 is 0. The Hall–Kier alpha value is -2.11. The van der Waals surface area contributed by atoms with Crippen molar-refractivity contribution in [1.82, 2.24) is 5.32 Å². The lowest BCUT2D eigenvalue weighted by molar-refractivity contribution is -0.143. The molecule has 0 aliphatic heterocycles. The number of nitrogens with one attached hydrogen (secondary N) is 1. The second kappa shape index (κ2) is 7.42. The topological polar surface area (TPSA) is 75.6 Å². The van der Waals surface area contributed by atoms with E-state index in [2.05, 4.69) is 5.32 Å². The van der Waals surface area contributed by atoms with E-state index in [-0.39, 0.29) is 5.82 Å². The smallest absolute Gasteiger partial charge is 0.408 e. The Morgan fingerprint density at radius 3 is 2.28 bits per heavy atom. The number of hydrogen-bond donors (Lipinski definition) is 2. The van der Waals surface area contributed by atoms with Crippen LogP contribution in [0.5, 0.6) is 0 Å². The molecule has 0 spiro atoms. The Balaban J connectivity index is 2.22. The van der Waals surface area contributed by atoms with Gasteiger partial charge in [-0.25, -0.2) is 14.0 Å². The average molecular weight is 351 g/mol. The van der Waals surface area contributed by atoms with Crippen LogP contribution >= 0.6 is 0 Å². The zero-order valence-electron chi connectivity index (χ0n) is 15.0. The molecule has 138 valence electrons. The SMILES string of the molecule is CC(C)(C)OC(=O)NC(C(=O)O)C1(Cc2ccc(F)cc2)CCCC1. The first-order valence-electron chi connectivity index (χ1n) is 8.58. The van der Waals surface area contributed by atoms with E-state index in [1.807, 2.05) is 0 Å². The van der Waals surface area contributed by atoms with E-state index in [9.17, 15) is 19.1 Å². The number of ether oxygens (including phenoxy) is 1. The van der Waals surface area contributed by atoms with Gasteiger partial charge in [-0.05, 0) is 57.7 Å². The third-order valence-electron chi connectivity index (χ3n) is 4.59. The maximum Gasteiger partial charge on any atom is 0.408 e. The van der Waals surface area contributed by atoms with Gasteiger partial charge in [0.1, 0.15) is 17.5 Å². The van der Waals surface area contributed by atoms with Gasteiger partial charge in [0, 0.05) is 5.41 Å². The summed E-state index contributed by atoms with van der Waals surface area (Å²) in [5, 5.41) is 12.3. The quantitative estimate of drug-likeness (QED) is 0.843. The van der Waals surface area contributed by atoms with Gasteiger partial charge < -0.3 is 15.2 Å². The lowest BCUT2D eigenvalue weighted by Gasteiger charge is -2.36. The number of aliphatic carboxylic acids is 1. The van der Waals surface area contributed by atoms with Crippen molar-refractivity contribution in [2.45, 2.75) is 64.5 Å². The van der Waals surface area contributed by atoms with E-state index in [1.54, 1.807) is 32.9 Å². The molecule has 1 aliphatic rings. The monoisotopic (exact) mass is 351 g/mol. The number of carbonyl (C=O) groups is 2. The van der Waals surface area contributed by atoms with E-state index in [4.69, 9.17) is 4.74 Å². The van der Waals surface area contributed by atoms with E-state index in [0.29, 0.717) is 19.3 Å². The maximum absolute atomic E-state index is 13.1. The second-order valence-electron chi connectivity index (χ2n) is 7.79. The van der Waals surface area contributed by atoms with Crippen molar-refractivity contribution in [3.05, 3.63) is 35.6 Å². The number of halogens is 1. The van der Waals surface area contributed by atoms with Crippen LogP contribution in [0.3, 0.4) is 0 Å². The van der Waals surface area contributed by atoms with E-state index in [0.717, 1.165) is 18.4 Å². The summed E-state index contributed by atoms with van der Waals surface area (Å²) < 4.78 is 18.4. The highest BCUT2D eigenvalue weighted by atomic mass is 19.1. The Morgan fingerprint density at radius 2 is 1.80 bits per heavy atom. The maximum atomic E-state index is 13.1. The van der Waals surface area contributed by atoms with E-state index >= 15 is 0 Å². The predicted octanol–water partition coefficient (Wildman–Crippen LogP) is 3.91. The van der Waals surface area contributed by atoms with Gasteiger partial charge in [0.2, 0.25) is 0 Å². The molecule has 0 radical (unpaired) electrons. The van der Waals surface area contributed by atoms with Crippen molar-refractivity contribution >= 4 is 12.1 Å². The number of alkyl carbamates (subject to hydrolysis) is 1. The van der Waals surface area contributed by atoms with Crippen LogP contribution in [0.15, 0.2) is 24.3 Å². The number of rotatable bonds is 5. The normalized spacial score (nSPS) is 17.8. The molecule has 25 heavy (non-hydrogen) atoms. The fourth-order valence-electron chi connectivity index (χ4n) is 3.56. The summed E-state index contributed by atoms with van der Waals surface area (Å²) in [4.78, 5) is 24.0. The Labute approximate surface area is 147 Å². The van der Waals surface area contributed by atoms with Crippen LogP contribution in [-0.4, -0.2) is 28.8 Å². The van der Waals surface area contributed by atoms with E-state index in [1.165, 1.54) is 12.1 Å². The van der Waals surface area contributed by atoms with Crippen LogP contribution in [0.4, 0.5) is 9.18 Å². The lowest BCUT2D eigenvalue weighted by Crippen LogP contribution is -2.53. The molecule has 1 fully saturated rings. The molecule has 1 aliphatic carbocycles. The van der Waals surface area contributed by atoms with Gasteiger partial charge in [0.15, 0.2) is 0 Å². The van der Waals surface area contributed by atoms with Gasteiger partial charge in [-0.3, -0.25) is 0 Å². The molecule has 0 heterocycles. The molecular weight excluding hydrogens is 325 g/mol. The largest absolute Gasteiger partial charge is 0.480 e. The number of carboxylic acid groups (broad SMARTS) is 1. The zero-order chi connectivity index (χ0) is 18.7. The third kappa shape index (κ3) is 5.18. The van der Waals surface area contributed by atoms with Crippen molar-refractivity contribution in [2.75, 3.05) is 0 Å². The molecule has 1 aromatic carbocycles. The van der Waals surface area contributed by atoms with Gasteiger partial charge in [0.25, 0.3) is 0 Å². The zero-order valence-corrected chi connectivity index (χ0v) is 15.0. The summed E-state index contributed by atoms with van der Waals surface area (Å²) in [6.07, 6.45) is 2.93. The molecular formula is C19H26FNO4. The van der Waals surface area contributed by atoms with Gasteiger partial charge in [-0.15, -0.1) is 0 Å². The third-order valence-corrected chi connectivity index (χ3v) is 4.59. The summed E-state index contributed by atoms with van der Waals surface area (Å²) in [6, 6.07) is 5.03. The van der Waals surface area contributed by atoms with Crippen molar-refractivity contribution < 1.29 is 23.8 Å². The molecule has 6 heteroatoms. The molecule has 2 rings (SSSR count). The standard InChI is InChI=1S/C19H26FNO4/c1-18(2,3)25-17(24)21-15(16(22)23)19(10-4-5-11-19)12-13-6-8-14(20)9-7-13/h6-9,15H,4-5,10-12H2,1-3H3,(H,21,24)(H,22,23). The van der Waals surface area contributed by atoms with Crippen LogP contribution in [0.25, 0.3) is 0 Å². The van der Waals surface area contributed by atoms with Crippen molar-refractivity contribution in [3.63, 3.8) is 0 Å². The van der Waals surface area contributed by atoms with Crippen molar-refractivity contribution in [3.8, 4) is 0 Å². The number of benzene rings is 1. The summed E-state index contributed by atoms with van der Waals surface area (Å²) in [7, 11) is 0. The fraction of sp³-hybridized carbons (Fsp3) is 0.579. The Bertz CT molecular complexity index is 615. The Morgan fingerprint density at radius 1 is 1.24 bits per heavy atom. The second-order valence-corrected chi connectivity index (χ2v) is 7.79. The predicted molar refractivity (Wildman–Crippen MR) is 91.8 cm³/mol. The molecule has 1 aromatic rings. The highest BCUT2D eigenvalue weighted by Crippen LogP contribution is 2.44. The van der Waals surface area contributed by atoms with Crippen LogP contribution in [-0.2, 0) is 16.0 Å². The fourth-order valence-corrected chi connectivity index (χ4v) is 3.56. The minimum absolute atomic E-state index is 0.328. The van der Waals surface area contributed by atoms with Gasteiger partial charge >= 0.3 is 12.1 Å². The van der Waals surface area contributed by atoms with Gasteiger partial charge in [-0.2, -0.15) is 0 Å². The number of amides is 1. The highest BCUT2D eigenvalue weighted by Gasteiger charge is 2.46. The van der Waals surface area contributed by atoms with Gasteiger partial charge in [0.05, 0.1) is 0 Å². The van der Waals surface area contributed by atoms with Crippen LogP contribution in [0, 0.1) is 11.2 Å². The molecule has 1 saturated carbocycles. The summed E-state index contributed by atoms with van der Waals surface area (Å²) in [5.74, 6) is -1.40. The minimum atomic E-state index is -1.07. The summed E-state index contributed by atoms with van der Waals surface area (Å²) in [6.45, 7) is 5.19. The van der Waals surface area contributed by atoms with Crippen molar-refractivity contribution in [2.24, 2.45) is 5.41 Å². The molecule has 0 aromatic heterocycles. The number of hydrogen-bond acceptors (Lipinski definition) is 3. The van der Waals surface area contributed by atoms with E-state index < -0.39 is 29.1 Å². The lowest BCUT2D eigenvalue weighted by atomic mass is 9.73. The molecule has 1 unspecified atom stereocenters. The number of carboxylic acids is 1. The van der Waals surface area contributed by atoms with Crippen molar-refractivity contribution in [1.29, 1.82) is 0 Å². The highest BCUT2D eigenvalue weighted by molar-refractivity contribution is 5.81. The molecule has 0 bridgehead atoms. The van der Waals surface area contributed by atoms with Crippen LogP contribution < -0.4 is 5.32 Å². The summed E-state index contributed by atoms with van der Waals surface area (Å²) in [5.41, 5.74) is -0.437. The van der Waals surface area contributed by atoms with Crippen LogP contribution in [0.2, 0.25) is 0 Å². The molecule has 1 amide bonds. The van der Waals surface area contributed by atoms with Gasteiger partial charge in [-0.1, -0.05) is 25.0 Å². The molecule has 0 saturated heterocycles. The minimum Gasteiger partial charge on any atom is -0.480 e.